The van der Waals surface area contributed by atoms with Crippen molar-refractivity contribution in [3.63, 3.8) is 0 Å². The number of likely N-dealkylation sites (tertiary alicyclic amines) is 1. The number of benzene rings is 1. The number of aromatic hydroxyl groups is 1. The third-order valence-electron chi connectivity index (χ3n) is 7.67. The summed E-state index contributed by atoms with van der Waals surface area (Å²) in [6.07, 6.45) is 0.821. The number of hydrogen-bond acceptors (Lipinski definition) is 9. The summed E-state index contributed by atoms with van der Waals surface area (Å²) in [6, 6.07) is 11.8. The number of esters is 1. The quantitative estimate of drug-likeness (QED) is 0.433. The number of hydrogen-bond donors (Lipinski definition) is 1. The molecule has 3 aromatic rings. The molecular weight excluding hydrogens is 504 g/mol. The highest BCUT2D eigenvalue weighted by Gasteiger charge is 2.35. The van der Waals surface area contributed by atoms with Crippen LogP contribution in [-0.2, 0) is 22.6 Å². The molecule has 2 bridgehead atoms. The molecule has 0 saturated carbocycles. The highest BCUT2D eigenvalue weighted by atomic mass is 16.5. The number of nitrogens with zero attached hydrogens (tertiary/aromatic N) is 2. The minimum atomic E-state index is -0.842. The van der Waals surface area contributed by atoms with Crippen LogP contribution in [0.15, 0.2) is 56.5 Å². The molecule has 1 fully saturated rings. The Morgan fingerprint density at radius 2 is 1.90 bits per heavy atom. The molecular formula is C29H32N2O8. The average molecular weight is 537 g/mol. The van der Waals surface area contributed by atoms with E-state index in [2.05, 4.69) is 4.90 Å². The van der Waals surface area contributed by atoms with Crippen molar-refractivity contribution in [2.75, 3.05) is 34.4 Å². The minimum absolute atomic E-state index is 0.0235. The van der Waals surface area contributed by atoms with E-state index in [9.17, 15) is 19.5 Å². The number of aromatic nitrogens is 1. The van der Waals surface area contributed by atoms with E-state index in [1.807, 2.05) is 10.6 Å². The van der Waals surface area contributed by atoms with E-state index in [1.54, 1.807) is 30.3 Å². The van der Waals surface area contributed by atoms with Gasteiger partial charge < -0.3 is 28.3 Å². The largest absolute Gasteiger partial charge is 0.502 e. The SMILES string of the molecule is COC(=O)CC(c1ccc(OC)cc1OC)c1oc(CN2CC3CC(C2)c2cccc(=O)n2C3)cc(=O)c1O. The molecule has 1 saturated heterocycles. The van der Waals surface area contributed by atoms with Crippen LogP contribution in [0.5, 0.6) is 17.2 Å². The number of piperidine rings is 1. The van der Waals surface area contributed by atoms with Crippen LogP contribution in [0.4, 0.5) is 0 Å². The topological polar surface area (TPSA) is 120 Å². The van der Waals surface area contributed by atoms with Gasteiger partial charge in [0.15, 0.2) is 5.76 Å². The number of ether oxygens (including phenoxy) is 3. The van der Waals surface area contributed by atoms with Crippen molar-refractivity contribution in [1.29, 1.82) is 0 Å². The van der Waals surface area contributed by atoms with E-state index in [0.717, 1.165) is 18.7 Å². The Morgan fingerprint density at radius 3 is 2.64 bits per heavy atom. The lowest BCUT2D eigenvalue weighted by Crippen LogP contribution is -2.46. The van der Waals surface area contributed by atoms with Crippen LogP contribution in [0.1, 0.15) is 47.5 Å². The Hall–Kier alpha value is -4.05. The van der Waals surface area contributed by atoms with Gasteiger partial charge in [0.25, 0.3) is 5.56 Å². The molecule has 1 aromatic carbocycles. The molecule has 2 aliphatic heterocycles. The summed E-state index contributed by atoms with van der Waals surface area (Å²) in [6.45, 7) is 2.45. The van der Waals surface area contributed by atoms with Crippen LogP contribution in [0.25, 0.3) is 0 Å². The molecule has 0 spiro atoms. The van der Waals surface area contributed by atoms with Gasteiger partial charge in [0, 0.05) is 55.0 Å². The first-order chi connectivity index (χ1) is 18.8. The molecule has 3 unspecified atom stereocenters. The number of rotatable bonds is 8. The molecule has 206 valence electrons. The fraction of sp³-hybridized carbons (Fsp3) is 0.414. The zero-order valence-corrected chi connectivity index (χ0v) is 22.2. The molecule has 1 N–H and O–H groups in total. The zero-order valence-electron chi connectivity index (χ0n) is 22.2. The summed E-state index contributed by atoms with van der Waals surface area (Å²) in [4.78, 5) is 39.9. The number of fused-ring (bicyclic) bond motifs is 4. The van der Waals surface area contributed by atoms with Crippen LogP contribution in [0, 0.1) is 5.92 Å². The highest BCUT2D eigenvalue weighted by molar-refractivity contribution is 5.71. The number of carbonyl (C=O) groups is 1. The minimum Gasteiger partial charge on any atom is -0.502 e. The van der Waals surface area contributed by atoms with Gasteiger partial charge >= 0.3 is 5.97 Å². The third-order valence-corrected chi connectivity index (χ3v) is 7.67. The van der Waals surface area contributed by atoms with Crippen molar-refractivity contribution >= 4 is 5.97 Å². The number of pyridine rings is 1. The van der Waals surface area contributed by atoms with Crippen molar-refractivity contribution in [3.8, 4) is 17.2 Å². The Balaban J connectivity index is 1.48. The molecule has 39 heavy (non-hydrogen) atoms. The van der Waals surface area contributed by atoms with Crippen LogP contribution in [-0.4, -0.2) is 55.0 Å². The first-order valence-corrected chi connectivity index (χ1v) is 12.9. The molecule has 0 radical (unpaired) electrons. The van der Waals surface area contributed by atoms with E-state index in [4.69, 9.17) is 18.6 Å². The van der Waals surface area contributed by atoms with Crippen molar-refractivity contribution in [2.45, 2.75) is 37.8 Å². The number of carbonyl (C=O) groups excluding carboxylic acids is 1. The molecule has 2 aromatic heterocycles. The normalized spacial score (nSPS) is 19.2. The lowest BCUT2D eigenvalue weighted by Gasteiger charge is -2.42. The summed E-state index contributed by atoms with van der Waals surface area (Å²) in [5.74, 6) is -0.135. The second-order valence-corrected chi connectivity index (χ2v) is 10.1. The second-order valence-electron chi connectivity index (χ2n) is 10.1. The fourth-order valence-corrected chi connectivity index (χ4v) is 5.91. The van der Waals surface area contributed by atoms with Gasteiger partial charge in [-0.05, 0) is 24.5 Å². The Kier molecular flexibility index (Phi) is 7.47. The maximum atomic E-state index is 12.9. The zero-order chi connectivity index (χ0) is 27.7. The van der Waals surface area contributed by atoms with Crippen molar-refractivity contribution in [1.82, 2.24) is 9.47 Å². The van der Waals surface area contributed by atoms with E-state index in [-0.39, 0.29) is 23.7 Å². The first-order valence-electron chi connectivity index (χ1n) is 12.9. The summed E-state index contributed by atoms with van der Waals surface area (Å²) in [7, 11) is 4.29. The van der Waals surface area contributed by atoms with Crippen LogP contribution < -0.4 is 20.5 Å². The molecule has 0 aliphatic carbocycles. The van der Waals surface area contributed by atoms with Crippen molar-refractivity contribution < 1.29 is 28.5 Å². The smallest absolute Gasteiger partial charge is 0.306 e. The van der Waals surface area contributed by atoms with Gasteiger partial charge in [0.05, 0.1) is 40.2 Å². The molecule has 5 rings (SSSR count). The van der Waals surface area contributed by atoms with Crippen LogP contribution >= 0.6 is 0 Å². The highest BCUT2D eigenvalue weighted by Crippen LogP contribution is 2.40. The van der Waals surface area contributed by atoms with Gasteiger partial charge in [-0.1, -0.05) is 12.1 Å². The maximum absolute atomic E-state index is 12.9. The first kappa shape index (κ1) is 26.6. The third kappa shape index (κ3) is 5.29. The Labute approximate surface area is 225 Å². The van der Waals surface area contributed by atoms with Gasteiger partial charge in [-0.25, -0.2) is 0 Å². The predicted molar refractivity (Wildman–Crippen MR) is 141 cm³/mol. The second kappa shape index (κ2) is 11.0. The summed E-state index contributed by atoms with van der Waals surface area (Å²) < 4.78 is 23.8. The average Bonchev–Trinajstić information content (AvgIpc) is 2.93. The van der Waals surface area contributed by atoms with Gasteiger partial charge in [0.2, 0.25) is 11.2 Å². The Morgan fingerprint density at radius 1 is 1.08 bits per heavy atom. The molecule has 10 nitrogen and oxygen atoms in total. The lowest BCUT2D eigenvalue weighted by atomic mass is 9.83. The molecule has 4 heterocycles. The monoisotopic (exact) mass is 536 g/mol. The van der Waals surface area contributed by atoms with E-state index >= 15 is 0 Å². The van der Waals surface area contributed by atoms with Crippen molar-refractivity contribution in [3.05, 3.63) is 85.8 Å². The molecule has 0 amide bonds. The van der Waals surface area contributed by atoms with Crippen molar-refractivity contribution in [2.24, 2.45) is 5.92 Å². The Bertz CT molecular complexity index is 1490. The fourth-order valence-electron chi connectivity index (χ4n) is 5.91. The lowest BCUT2D eigenvalue weighted by molar-refractivity contribution is -0.140. The predicted octanol–water partition coefficient (Wildman–Crippen LogP) is 2.84. The van der Waals surface area contributed by atoms with Crippen LogP contribution in [0.3, 0.4) is 0 Å². The summed E-state index contributed by atoms with van der Waals surface area (Å²) in [5.41, 5.74) is 0.994. The van der Waals surface area contributed by atoms with E-state index in [0.29, 0.717) is 48.4 Å². The van der Waals surface area contributed by atoms with Gasteiger partial charge in [-0.3, -0.25) is 19.3 Å². The van der Waals surface area contributed by atoms with Gasteiger partial charge in [0.1, 0.15) is 17.3 Å². The maximum Gasteiger partial charge on any atom is 0.306 e. The van der Waals surface area contributed by atoms with Gasteiger partial charge in [-0.2, -0.15) is 0 Å². The van der Waals surface area contributed by atoms with Crippen LogP contribution in [0.2, 0.25) is 0 Å². The molecule has 10 heteroatoms. The molecule has 3 atom stereocenters. The van der Waals surface area contributed by atoms with E-state index in [1.165, 1.54) is 27.4 Å². The van der Waals surface area contributed by atoms with E-state index < -0.39 is 23.1 Å². The standard InChI is InChI=1S/C29H32N2O8/c1-36-19-7-8-21(25(11-19)37-2)22(12-27(34)38-3)29-28(35)24(32)10-20(39-29)16-30-13-17-9-18(15-30)23-5-4-6-26(33)31(23)14-17/h4-8,10-11,17-18,22,35H,9,12-16H2,1-3H3. The summed E-state index contributed by atoms with van der Waals surface area (Å²) >= 11 is 0. The van der Waals surface area contributed by atoms with Gasteiger partial charge in [-0.15, -0.1) is 0 Å². The summed E-state index contributed by atoms with van der Waals surface area (Å²) in [5, 5.41) is 10.8. The molecule has 2 aliphatic rings. The number of methoxy groups -OCH3 is 3.